The number of rotatable bonds is 9. The molecule has 1 fully saturated rings. The number of likely N-dealkylation sites (tertiary alicyclic amines) is 1. The predicted octanol–water partition coefficient (Wildman–Crippen LogP) is 5.87. The zero-order valence-corrected chi connectivity index (χ0v) is 25.8. The molecule has 3 aromatic heterocycles. The second-order valence-corrected chi connectivity index (χ2v) is 11.5. The Morgan fingerprint density at radius 2 is 1.96 bits per heavy atom. The molecule has 14 heteroatoms. The number of urea groups is 1. The number of ether oxygens (including phenoxy) is 1. The number of amides is 2. The Morgan fingerprint density at radius 3 is 2.62 bits per heavy atom. The van der Waals surface area contributed by atoms with Crippen molar-refractivity contribution in [3.05, 3.63) is 63.5 Å². The quantitative estimate of drug-likeness (QED) is 0.220. The van der Waals surface area contributed by atoms with E-state index >= 15 is 0 Å². The number of halogens is 3. The van der Waals surface area contributed by atoms with Crippen molar-refractivity contribution >= 4 is 40.1 Å². The van der Waals surface area contributed by atoms with Gasteiger partial charge in [0.15, 0.2) is 5.69 Å². The maximum absolute atomic E-state index is 13.7. The molecule has 4 aromatic rings. The van der Waals surface area contributed by atoms with Crippen LogP contribution >= 0.6 is 11.3 Å². The van der Waals surface area contributed by atoms with Gasteiger partial charge in [-0.25, -0.2) is 19.6 Å². The van der Waals surface area contributed by atoms with Gasteiger partial charge in [-0.15, -0.1) is 11.3 Å². The molecular weight excluding hydrogens is 609 g/mol. The van der Waals surface area contributed by atoms with E-state index in [1.807, 2.05) is 4.57 Å². The molecule has 0 saturated carbocycles. The van der Waals surface area contributed by atoms with Gasteiger partial charge in [-0.3, -0.25) is 10.1 Å². The van der Waals surface area contributed by atoms with Crippen LogP contribution in [0.4, 0.5) is 23.8 Å². The summed E-state index contributed by atoms with van der Waals surface area (Å²) < 4.78 is 47.5. The van der Waals surface area contributed by atoms with Crippen molar-refractivity contribution in [2.75, 3.05) is 38.1 Å². The Kier molecular flexibility index (Phi) is 9.53. The normalized spacial score (nSPS) is 15.4. The third-order valence-corrected chi connectivity index (χ3v) is 8.54. The summed E-state index contributed by atoms with van der Waals surface area (Å²) in [5, 5.41) is 6.39. The molecule has 2 N–H and O–H groups in total. The molecule has 4 heterocycles. The second kappa shape index (κ2) is 13.4. The van der Waals surface area contributed by atoms with Gasteiger partial charge >= 0.3 is 18.2 Å². The van der Waals surface area contributed by atoms with E-state index in [1.54, 1.807) is 38.2 Å². The molecule has 1 aliphatic rings. The summed E-state index contributed by atoms with van der Waals surface area (Å²) in [5.41, 5.74) is 0.109. The first kappa shape index (κ1) is 32.1. The number of thiazole rings is 1. The summed E-state index contributed by atoms with van der Waals surface area (Å²) >= 11 is 0.799. The third kappa shape index (κ3) is 7.01. The van der Waals surface area contributed by atoms with Crippen LogP contribution in [0.1, 0.15) is 43.2 Å². The van der Waals surface area contributed by atoms with Gasteiger partial charge in [0, 0.05) is 53.9 Å². The number of pyridine rings is 2. The number of anilines is 1. The molecular formula is C31H33F3N6O4S. The lowest BCUT2D eigenvalue weighted by molar-refractivity contribution is -0.140. The SMILES string of the molecule is CCNC(=O)Nc1cc(-c2nc(C(F)(F)F)cs2)c(-c2ccc3c(c2)c(=O)c(C(=O)OCC)cn3CC2CCN(CC)C2)cn1. The number of nitrogens with zero attached hydrogens (tertiary/aromatic N) is 4. The van der Waals surface area contributed by atoms with Crippen LogP contribution in [0, 0.1) is 5.92 Å². The lowest BCUT2D eigenvalue weighted by Crippen LogP contribution is -2.28. The minimum absolute atomic E-state index is 0.0539. The topological polar surface area (TPSA) is 118 Å². The Bertz CT molecular complexity index is 1790. The maximum Gasteiger partial charge on any atom is 0.434 e. The number of nitrogens with one attached hydrogen (secondary N) is 2. The van der Waals surface area contributed by atoms with Crippen LogP contribution in [0.15, 0.2) is 46.8 Å². The molecule has 1 aromatic carbocycles. The van der Waals surface area contributed by atoms with Gasteiger partial charge in [-0.1, -0.05) is 13.0 Å². The highest BCUT2D eigenvalue weighted by atomic mass is 32.1. The molecule has 1 atom stereocenters. The van der Waals surface area contributed by atoms with Crippen molar-refractivity contribution in [3.8, 4) is 21.7 Å². The standard InChI is InChI=1S/C31H33F3N6O4S/c1-4-35-30(43)38-26-12-20(28-37-25(17-45-28)31(32,33)34)22(13-36-26)19-7-8-24-21(11-19)27(41)23(29(42)44-6-3)16-40(24)15-18-9-10-39(5-2)14-18/h7-8,11-13,16-18H,4-6,9-10,14-15H2,1-3H3,(H2,35,36,38,43). The summed E-state index contributed by atoms with van der Waals surface area (Å²) in [4.78, 5) is 49.2. The maximum atomic E-state index is 13.7. The predicted molar refractivity (Wildman–Crippen MR) is 166 cm³/mol. The lowest BCUT2D eigenvalue weighted by Gasteiger charge is -2.18. The number of carbonyl (C=O) groups excluding carboxylic acids is 2. The fourth-order valence-electron chi connectivity index (χ4n) is 5.48. The van der Waals surface area contributed by atoms with Crippen molar-refractivity contribution in [2.24, 2.45) is 5.92 Å². The Morgan fingerprint density at radius 1 is 1.16 bits per heavy atom. The number of fused-ring (bicyclic) bond motifs is 1. The molecule has 0 aliphatic carbocycles. The average Bonchev–Trinajstić information content (AvgIpc) is 3.69. The largest absolute Gasteiger partial charge is 0.462 e. The molecule has 0 radical (unpaired) electrons. The Hall–Kier alpha value is -4.30. The van der Waals surface area contributed by atoms with E-state index in [2.05, 4.69) is 32.4 Å². The number of hydrogen-bond acceptors (Lipinski definition) is 8. The highest BCUT2D eigenvalue weighted by molar-refractivity contribution is 7.13. The van der Waals surface area contributed by atoms with Crippen LogP contribution in [0.25, 0.3) is 32.6 Å². The summed E-state index contributed by atoms with van der Waals surface area (Å²) in [7, 11) is 0. The van der Waals surface area contributed by atoms with Crippen molar-refractivity contribution < 1.29 is 27.5 Å². The van der Waals surface area contributed by atoms with Gasteiger partial charge in [0.05, 0.1) is 12.1 Å². The molecule has 0 bridgehead atoms. The van der Waals surface area contributed by atoms with E-state index in [9.17, 15) is 27.6 Å². The highest BCUT2D eigenvalue weighted by Gasteiger charge is 2.34. The van der Waals surface area contributed by atoms with E-state index in [1.165, 1.54) is 12.3 Å². The fourth-order valence-corrected chi connectivity index (χ4v) is 6.33. The zero-order chi connectivity index (χ0) is 32.3. The van der Waals surface area contributed by atoms with E-state index in [-0.39, 0.29) is 33.9 Å². The minimum atomic E-state index is -4.64. The summed E-state index contributed by atoms with van der Waals surface area (Å²) in [6.07, 6.45) is -0.693. The fraction of sp³-hybridized carbons (Fsp3) is 0.387. The van der Waals surface area contributed by atoms with Crippen molar-refractivity contribution in [1.29, 1.82) is 0 Å². The number of alkyl halides is 3. The molecule has 238 valence electrons. The van der Waals surface area contributed by atoms with E-state index < -0.39 is 29.3 Å². The summed E-state index contributed by atoms with van der Waals surface area (Å²) in [6, 6.07) is 6.05. The van der Waals surface area contributed by atoms with Gasteiger partial charge in [0.1, 0.15) is 16.4 Å². The molecule has 0 spiro atoms. The zero-order valence-electron chi connectivity index (χ0n) is 25.0. The van der Waals surface area contributed by atoms with E-state index in [0.717, 1.165) is 42.8 Å². The molecule has 1 unspecified atom stereocenters. The van der Waals surface area contributed by atoms with Crippen molar-refractivity contribution in [3.63, 3.8) is 0 Å². The summed E-state index contributed by atoms with van der Waals surface area (Å²) in [5.74, 6) is -0.302. The average molecular weight is 643 g/mol. The number of hydrogen-bond donors (Lipinski definition) is 2. The highest BCUT2D eigenvalue weighted by Crippen LogP contribution is 2.39. The van der Waals surface area contributed by atoms with Crippen LogP contribution in [0.2, 0.25) is 0 Å². The molecule has 2 amide bonds. The summed E-state index contributed by atoms with van der Waals surface area (Å²) in [6.45, 7) is 9.38. The first-order chi connectivity index (χ1) is 21.5. The number of benzene rings is 1. The van der Waals surface area contributed by atoms with Gasteiger partial charge in [0.2, 0.25) is 5.43 Å². The number of esters is 1. The van der Waals surface area contributed by atoms with Gasteiger partial charge in [0.25, 0.3) is 0 Å². The Labute approximate surface area is 261 Å². The van der Waals surface area contributed by atoms with Crippen LogP contribution in [0.3, 0.4) is 0 Å². The second-order valence-electron chi connectivity index (χ2n) is 10.7. The number of aromatic nitrogens is 3. The Balaban J connectivity index is 1.65. The van der Waals surface area contributed by atoms with Gasteiger partial charge < -0.3 is 19.5 Å². The lowest BCUT2D eigenvalue weighted by atomic mass is 9.99. The first-order valence-corrected chi connectivity index (χ1v) is 15.5. The van der Waals surface area contributed by atoms with Crippen LogP contribution < -0.4 is 16.1 Å². The third-order valence-electron chi connectivity index (χ3n) is 7.67. The monoisotopic (exact) mass is 642 g/mol. The number of carbonyl (C=O) groups is 2. The molecule has 5 rings (SSSR count). The van der Waals surface area contributed by atoms with Crippen molar-refractivity contribution in [2.45, 2.75) is 39.9 Å². The smallest absolute Gasteiger partial charge is 0.434 e. The van der Waals surface area contributed by atoms with Crippen LogP contribution in [0.5, 0.6) is 0 Å². The molecule has 45 heavy (non-hydrogen) atoms. The molecule has 10 nitrogen and oxygen atoms in total. The first-order valence-electron chi connectivity index (χ1n) is 14.7. The van der Waals surface area contributed by atoms with E-state index in [0.29, 0.717) is 35.7 Å². The molecule has 1 saturated heterocycles. The van der Waals surface area contributed by atoms with Gasteiger partial charge in [-0.05, 0) is 63.0 Å². The van der Waals surface area contributed by atoms with E-state index in [4.69, 9.17) is 4.74 Å². The van der Waals surface area contributed by atoms with Crippen LogP contribution in [-0.4, -0.2) is 64.2 Å². The van der Waals surface area contributed by atoms with Crippen molar-refractivity contribution in [1.82, 2.24) is 24.8 Å². The van der Waals surface area contributed by atoms with Gasteiger partial charge in [-0.2, -0.15) is 13.2 Å². The molecule has 1 aliphatic heterocycles. The van der Waals surface area contributed by atoms with Crippen LogP contribution in [-0.2, 0) is 17.5 Å². The minimum Gasteiger partial charge on any atom is -0.462 e.